The van der Waals surface area contributed by atoms with Gasteiger partial charge in [-0.15, -0.1) is 0 Å². The van der Waals surface area contributed by atoms with E-state index in [0.29, 0.717) is 18.1 Å². The predicted molar refractivity (Wildman–Crippen MR) is 77.5 cm³/mol. The molecule has 3 unspecified atom stereocenters. The molecule has 1 N–H and O–H groups in total. The molecular formula is C17H23NO. The van der Waals surface area contributed by atoms with Gasteiger partial charge in [0.2, 0.25) is 0 Å². The van der Waals surface area contributed by atoms with Crippen LogP contribution in [0.25, 0.3) is 0 Å². The van der Waals surface area contributed by atoms with E-state index in [1.165, 1.54) is 31.4 Å². The van der Waals surface area contributed by atoms with E-state index in [-0.39, 0.29) is 5.41 Å². The summed E-state index contributed by atoms with van der Waals surface area (Å²) in [7, 11) is 0. The molecule has 0 radical (unpaired) electrons. The van der Waals surface area contributed by atoms with Crippen LogP contribution in [0.15, 0.2) is 18.2 Å². The molecule has 1 aromatic carbocycles. The van der Waals surface area contributed by atoms with Crippen LogP contribution in [0.3, 0.4) is 0 Å². The van der Waals surface area contributed by atoms with Crippen LogP contribution in [0, 0.1) is 11.3 Å². The van der Waals surface area contributed by atoms with Crippen LogP contribution in [0.5, 0.6) is 0 Å². The van der Waals surface area contributed by atoms with E-state index >= 15 is 0 Å². The predicted octanol–water partition coefficient (Wildman–Crippen LogP) is 3.40. The monoisotopic (exact) mass is 257 g/mol. The first-order valence-corrected chi connectivity index (χ1v) is 7.66. The molecular weight excluding hydrogens is 234 g/mol. The summed E-state index contributed by atoms with van der Waals surface area (Å²) in [5.74, 6) is 0.711. The third kappa shape index (κ3) is 1.66. The van der Waals surface area contributed by atoms with Crippen LogP contribution in [0.2, 0.25) is 0 Å². The maximum Gasteiger partial charge on any atom is 0.0694 e. The van der Waals surface area contributed by atoms with Gasteiger partial charge in [-0.1, -0.05) is 19.9 Å². The molecule has 1 saturated heterocycles. The Hall–Kier alpha value is -1.02. The fourth-order valence-corrected chi connectivity index (χ4v) is 4.46. The lowest BCUT2D eigenvalue weighted by Gasteiger charge is -2.55. The molecule has 4 rings (SSSR count). The maximum atomic E-state index is 5.87. The molecule has 1 aliphatic heterocycles. The van der Waals surface area contributed by atoms with Gasteiger partial charge in [0.05, 0.1) is 6.10 Å². The summed E-state index contributed by atoms with van der Waals surface area (Å²) < 4.78 is 5.87. The summed E-state index contributed by atoms with van der Waals surface area (Å²) in [4.78, 5) is 0. The molecule has 0 amide bonds. The maximum absolute atomic E-state index is 5.87. The Morgan fingerprint density at radius 2 is 2.05 bits per heavy atom. The smallest absolute Gasteiger partial charge is 0.0694 e. The van der Waals surface area contributed by atoms with Gasteiger partial charge in [-0.2, -0.15) is 0 Å². The van der Waals surface area contributed by atoms with Crippen molar-refractivity contribution in [3.05, 3.63) is 29.3 Å². The van der Waals surface area contributed by atoms with Crippen LogP contribution in [-0.4, -0.2) is 18.8 Å². The lowest BCUT2D eigenvalue weighted by Crippen LogP contribution is -2.63. The van der Waals surface area contributed by atoms with E-state index in [1.54, 1.807) is 11.1 Å². The number of ether oxygens (including phenoxy) is 1. The average Bonchev–Trinajstić information content (AvgIpc) is 3.03. The van der Waals surface area contributed by atoms with E-state index in [0.717, 1.165) is 6.61 Å². The Morgan fingerprint density at radius 1 is 1.21 bits per heavy atom. The number of benzene rings is 1. The molecule has 2 nitrogen and oxygen atoms in total. The van der Waals surface area contributed by atoms with E-state index in [2.05, 4.69) is 37.4 Å². The van der Waals surface area contributed by atoms with E-state index < -0.39 is 0 Å². The Labute approximate surface area is 115 Å². The molecule has 3 aliphatic rings. The summed E-state index contributed by atoms with van der Waals surface area (Å²) in [5, 5.41) is 3.79. The van der Waals surface area contributed by atoms with Crippen LogP contribution in [0.4, 0.5) is 5.69 Å². The van der Waals surface area contributed by atoms with Crippen molar-refractivity contribution in [1.82, 2.24) is 0 Å². The van der Waals surface area contributed by atoms with Gasteiger partial charge in [-0.3, -0.25) is 0 Å². The average molecular weight is 257 g/mol. The Kier molecular flexibility index (Phi) is 2.47. The summed E-state index contributed by atoms with van der Waals surface area (Å²) in [6, 6.07) is 7.53. The zero-order valence-corrected chi connectivity index (χ0v) is 11.9. The first-order valence-electron chi connectivity index (χ1n) is 7.66. The molecule has 2 aliphatic carbocycles. The molecule has 1 heterocycles. The quantitative estimate of drug-likeness (QED) is 0.876. The third-order valence-electron chi connectivity index (χ3n) is 5.52. The van der Waals surface area contributed by atoms with Crippen molar-refractivity contribution in [2.24, 2.45) is 11.3 Å². The largest absolute Gasteiger partial charge is 0.381 e. The highest BCUT2D eigenvalue weighted by Crippen LogP contribution is 2.53. The molecule has 19 heavy (non-hydrogen) atoms. The van der Waals surface area contributed by atoms with Gasteiger partial charge in [-0.05, 0) is 48.9 Å². The molecule has 0 bridgehead atoms. The van der Waals surface area contributed by atoms with Gasteiger partial charge in [0, 0.05) is 29.7 Å². The van der Waals surface area contributed by atoms with E-state index in [1.807, 2.05) is 0 Å². The molecule has 3 atom stereocenters. The van der Waals surface area contributed by atoms with Crippen LogP contribution < -0.4 is 5.32 Å². The lowest BCUT2D eigenvalue weighted by atomic mass is 9.57. The highest BCUT2D eigenvalue weighted by molar-refractivity contribution is 5.52. The van der Waals surface area contributed by atoms with Crippen molar-refractivity contribution >= 4 is 5.69 Å². The van der Waals surface area contributed by atoms with Gasteiger partial charge in [0.1, 0.15) is 0 Å². The number of rotatable bonds is 2. The lowest BCUT2D eigenvalue weighted by molar-refractivity contribution is -0.0923. The number of aryl methyl sites for hydroxylation is 2. The standard InChI is InChI=1S/C17H23NO/c1-17(2)15(14-8-9-19-16(14)17)18-13-7-6-11-4-3-5-12(11)10-13/h6-7,10,14-16,18H,3-5,8-9H2,1-2H3. The second-order valence-corrected chi connectivity index (χ2v) is 7.02. The Bertz CT molecular complexity index is 508. The minimum atomic E-state index is 0.264. The molecule has 0 aromatic heterocycles. The van der Waals surface area contributed by atoms with Gasteiger partial charge in [0.25, 0.3) is 0 Å². The van der Waals surface area contributed by atoms with Gasteiger partial charge >= 0.3 is 0 Å². The first-order chi connectivity index (χ1) is 9.16. The topological polar surface area (TPSA) is 21.3 Å². The summed E-state index contributed by atoms with van der Waals surface area (Å²) >= 11 is 0. The minimum Gasteiger partial charge on any atom is -0.381 e. The number of fused-ring (bicyclic) bond motifs is 2. The minimum absolute atomic E-state index is 0.264. The van der Waals surface area contributed by atoms with Crippen molar-refractivity contribution in [1.29, 1.82) is 0 Å². The third-order valence-corrected chi connectivity index (χ3v) is 5.52. The van der Waals surface area contributed by atoms with Crippen LogP contribution >= 0.6 is 0 Å². The molecule has 0 spiro atoms. The highest BCUT2D eigenvalue weighted by Gasteiger charge is 2.59. The molecule has 1 aromatic rings. The second kappa shape index (κ2) is 3.99. The second-order valence-electron chi connectivity index (χ2n) is 7.02. The number of hydrogen-bond acceptors (Lipinski definition) is 2. The Balaban J connectivity index is 1.55. The fraction of sp³-hybridized carbons (Fsp3) is 0.647. The van der Waals surface area contributed by atoms with Crippen molar-refractivity contribution in [2.45, 2.75) is 51.7 Å². The zero-order chi connectivity index (χ0) is 13.0. The summed E-state index contributed by atoms with van der Waals surface area (Å²) in [6.45, 7) is 5.62. The fourth-order valence-electron chi connectivity index (χ4n) is 4.46. The van der Waals surface area contributed by atoms with Gasteiger partial charge in [-0.25, -0.2) is 0 Å². The molecule has 102 valence electrons. The van der Waals surface area contributed by atoms with Crippen molar-refractivity contribution in [3.8, 4) is 0 Å². The van der Waals surface area contributed by atoms with E-state index in [4.69, 9.17) is 4.74 Å². The first kappa shape index (κ1) is 11.8. The van der Waals surface area contributed by atoms with Crippen molar-refractivity contribution < 1.29 is 4.74 Å². The van der Waals surface area contributed by atoms with Crippen LogP contribution in [0.1, 0.15) is 37.8 Å². The molecule has 1 saturated carbocycles. The SMILES string of the molecule is CC1(C)C(Nc2ccc3c(c2)CCC3)C2CCOC21. The zero-order valence-electron chi connectivity index (χ0n) is 11.9. The van der Waals surface area contributed by atoms with Gasteiger partial charge < -0.3 is 10.1 Å². The van der Waals surface area contributed by atoms with E-state index in [9.17, 15) is 0 Å². The summed E-state index contributed by atoms with van der Waals surface area (Å²) in [5.41, 5.74) is 4.69. The highest BCUT2D eigenvalue weighted by atomic mass is 16.5. The van der Waals surface area contributed by atoms with Crippen LogP contribution in [-0.2, 0) is 17.6 Å². The van der Waals surface area contributed by atoms with Crippen molar-refractivity contribution in [3.63, 3.8) is 0 Å². The molecule has 2 heteroatoms. The number of anilines is 1. The molecule has 2 fully saturated rings. The number of nitrogens with one attached hydrogen (secondary N) is 1. The van der Waals surface area contributed by atoms with Gasteiger partial charge in [0.15, 0.2) is 0 Å². The normalized spacial score (nSPS) is 34.5. The van der Waals surface area contributed by atoms with Crippen molar-refractivity contribution in [2.75, 3.05) is 11.9 Å². The summed E-state index contributed by atoms with van der Waals surface area (Å²) in [6.07, 6.45) is 5.54. The number of hydrogen-bond donors (Lipinski definition) is 1. The Morgan fingerprint density at radius 3 is 2.95 bits per heavy atom.